The summed E-state index contributed by atoms with van der Waals surface area (Å²) in [5.74, 6) is 1.85. The van der Waals surface area contributed by atoms with E-state index in [0.717, 1.165) is 51.0 Å². The number of benzene rings is 2. The van der Waals surface area contributed by atoms with Crippen molar-refractivity contribution in [1.82, 2.24) is 15.0 Å². The first-order chi connectivity index (χ1) is 16.7. The number of phenolic OH excluding ortho intramolecular Hbond substituents is 1. The highest BCUT2D eigenvalue weighted by atomic mass is 16.5. The molecule has 3 heterocycles. The number of aromatic nitrogens is 3. The second kappa shape index (κ2) is 10.5. The lowest BCUT2D eigenvalue weighted by Gasteiger charge is -2.27. The predicted octanol–water partition coefficient (Wildman–Crippen LogP) is 3.05. The van der Waals surface area contributed by atoms with Gasteiger partial charge in [-0.3, -0.25) is 0 Å². The Kier molecular flexibility index (Phi) is 6.81. The van der Waals surface area contributed by atoms with Crippen LogP contribution in [0.3, 0.4) is 0 Å². The highest BCUT2D eigenvalue weighted by Crippen LogP contribution is 2.22. The molecule has 9 nitrogen and oxygen atoms in total. The average Bonchev–Trinajstić information content (AvgIpc) is 3.42. The molecule has 2 N–H and O–H groups in total. The number of ether oxygens (including phenoxy) is 1. The van der Waals surface area contributed by atoms with Gasteiger partial charge in [0.05, 0.1) is 19.4 Å². The number of nitrogens with one attached hydrogen (secondary N) is 1. The molecule has 0 atom stereocenters. The molecule has 2 aliphatic heterocycles. The van der Waals surface area contributed by atoms with Gasteiger partial charge in [0.15, 0.2) is 0 Å². The van der Waals surface area contributed by atoms with Crippen LogP contribution in [0.25, 0.3) is 0 Å². The molecule has 0 bridgehead atoms. The highest BCUT2D eigenvalue weighted by Gasteiger charge is 2.21. The largest absolute Gasteiger partial charge is 0.507 e. The van der Waals surface area contributed by atoms with E-state index >= 15 is 0 Å². The zero-order chi connectivity index (χ0) is 23.2. The Labute approximate surface area is 199 Å². The lowest BCUT2D eigenvalue weighted by molar-refractivity contribution is 0.122. The third-order valence-corrected chi connectivity index (χ3v) is 6.01. The molecule has 2 saturated heterocycles. The van der Waals surface area contributed by atoms with Crippen molar-refractivity contribution in [2.24, 2.45) is 5.10 Å². The maximum absolute atomic E-state index is 10.3. The van der Waals surface area contributed by atoms with Crippen LogP contribution in [0, 0.1) is 0 Å². The van der Waals surface area contributed by atoms with Crippen LogP contribution in [0.4, 0.5) is 17.8 Å². The van der Waals surface area contributed by atoms with Crippen molar-refractivity contribution < 1.29 is 9.84 Å². The maximum atomic E-state index is 10.3. The van der Waals surface area contributed by atoms with E-state index in [0.29, 0.717) is 36.6 Å². The normalized spacial score (nSPS) is 16.4. The van der Waals surface area contributed by atoms with Gasteiger partial charge in [0.1, 0.15) is 5.75 Å². The van der Waals surface area contributed by atoms with Crippen molar-refractivity contribution in [3.05, 3.63) is 65.2 Å². The molecule has 0 unspecified atom stereocenters. The van der Waals surface area contributed by atoms with Crippen LogP contribution in [0.1, 0.15) is 29.5 Å². The molecular weight excluding hydrogens is 430 g/mol. The van der Waals surface area contributed by atoms with Gasteiger partial charge in [-0.05, 0) is 42.5 Å². The fraction of sp³-hybridized carbons (Fsp3) is 0.360. The van der Waals surface area contributed by atoms with E-state index in [2.05, 4.69) is 42.4 Å². The van der Waals surface area contributed by atoms with E-state index in [1.54, 1.807) is 12.3 Å². The second-order valence-electron chi connectivity index (χ2n) is 8.48. The van der Waals surface area contributed by atoms with Crippen molar-refractivity contribution in [1.29, 1.82) is 0 Å². The van der Waals surface area contributed by atoms with Crippen LogP contribution in [0.2, 0.25) is 0 Å². The van der Waals surface area contributed by atoms with Gasteiger partial charge < -0.3 is 19.6 Å². The summed E-state index contributed by atoms with van der Waals surface area (Å²) in [7, 11) is 0. The first-order valence-corrected chi connectivity index (χ1v) is 11.7. The van der Waals surface area contributed by atoms with Crippen molar-refractivity contribution in [2.75, 3.05) is 54.6 Å². The molecule has 176 valence electrons. The van der Waals surface area contributed by atoms with Crippen LogP contribution in [0.5, 0.6) is 5.75 Å². The fourth-order valence-electron chi connectivity index (χ4n) is 4.18. The van der Waals surface area contributed by atoms with Gasteiger partial charge in [-0.1, -0.05) is 36.4 Å². The second-order valence-corrected chi connectivity index (χ2v) is 8.48. The molecule has 2 aliphatic rings. The molecule has 0 saturated carbocycles. The number of nitrogens with zero attached hydrogens (tertiary/aromatic N) is 6. The molecule has 0 spiro atoms. The molecule has 34 heavy (non-hydrogen) atoms. The van der Waals surface area contributed by atoms with E-state index in [1.165, 1.54) is 5.56 Å². The van der Waals surface area contributed by atoms with E-state index in [9.17, 15) is 5.11 Å². The number of hydrogen-bond donors (Lipinski definition) is 2. The minimum atomic E-state index is 0.171. The molecule has 5 rings (SSSR count). The Morgan fingerprint density at radius 3 is 2.32 bits per heavy atom. The molecule has 0 amide bonds. The van der Waals surface area contributed by atoms with Crippen molar-refractivity contribution in [3.63, 3.8) is 0 Å². The van der Waals surface area contributed by atoms with Crippen molar-refractivity contribution in [3.8, 4) is 5.75 Å². The molecule has 2 aromatic carbocycles. The third kappa shape index (κ3) is 5.43. The summed E-state index contributed by atoms with van der Waals surface area (Å²) in [6.45, 7) is 4.69. The topological polar surface area (TPSA) is 99.0 Å². The van der Waals surface area contributed by atoms with Gasteiger partial charge >= 0.3 is 0 Å². The van der Waals surface area contributed by atoms with Gasteiger partial charge in [-0.15, -0.1) is 0 Å². The highest BCUT2D eigenvalue weighted by molar-refractivity contribution is 5.84. The Morgan fingerprint density at radius 2 is 1.59 bits per heavy atom. The molecule has 3 aromatic rings. The van der Waals surface area contributed by atoms with Gasteiger partial charge in [0.2, 0.25) is 17.8 Å². The van der Waals surface area contributed by atoms with Crippen molar-refractivity contribution in [2.45, 2.75) is 19.3 Å². The summed E-state index contributed by atoms with van der Waals surface area (Å²) in [6, 6.07) is 15.8. The number of rotatable bonds is 7. The summed E-state index contributed by atoms with van der Waals surface area (Å²) in [5.41, 5.74) is 5.88. The summed E-state index contributed by atoms with van der Waals surface area (Å²) in [6.07, 6.45) is 4.65. The first kappa shape index (κ1) is 22.1. The summed E-state index contributed by atoms with van der Waals surface area (Å²) in [4.78, 5) is 18.2. The van der Waals surface area contributed by atoms with E-state index in [1.807, 2.05) is 30.3 Å². The minimum Gasteiger partial charge on any atom is -0.507 e. The van der Waals surface area contributed by atoms with Crippen LogP contribution >= 0.6 is 0 Å². The molecule has 0 aliphatic carbocycles. The quantitative estimate of drug-likeness (QED) is 0.411. The van der Waals surface area contributed by atoms with Crippen LogP contribution < -0.4 is 15.2 Å². The summed E-state index contributed by atoms with van der Waals surface area (Å²) >= 11 is 0. The Morgan fingerprint density at radius 1 is 0.882 bits per heavy atom. The lowest BCUT2D eigenvalue weighted by atomic mass is 10.0. The van der Waals surface area contributed by atoms with Crippen LogP contribution in [0.15, 0.2) is 53.6 Å². The SMILES string of the molecule is Oc1ccc(Cc2ccccc2)cc1/C=N/Nc1nc(N2CCCC2)nc(N2CCOCC2)n1. The Hall–Kier alpha value is -3.72. The van der Waals surface area contributed by atoms with E-state index in [4.69, 9.17) is 9.72 Å². The maximum Gasteiger partial charge on any atom is 0.250 e. The number of hydrazone groups is 1. The van der Waals surface area contributed by atoms with Crippen molar-refractivity contribution >= 4 is 24.1 Å². The molecule has 0 radical (unpaired) electrons. The molecular formula is C25H29N7O2. The number of morpholine rings is 1. The number of aromatic hydroxyl groups is 1. The third-order valence-electron chi connectivity index (χ3n) is 6.01. The van der Waals surface area contributed by atoms with Crippen LogP contribution in [-0.2, 0) is 11.2 Å². The van der Waals surface area contributed by atoms with Gasteiger partial charge in [0, 0.05) is 31.7 Å². The van der Waals surface area contributed by atoms with Crippen LogP contribution in [-0.4, -0.2) is 65.7 Å². The molecule has 1 aromatic heterocycles. The van der Waals surface area contributed by atoms with E-state index < -0.39 is 0 Å². The number of hydrogen-bond acceptors (Lipinski definition) is 9. The summed E-state index contributed by atoms with van der Waals surface area (Å²) in [5, 5.41) is 14.6. The van der Waals surface area contributed by atoms with Gasteiger partial charge in [-0.2, -0.15) is 20.1 Å². The average molecular weight is 460 g/mol. The monoisotopic (exact) mass is 459 g/mol. The minimum absolute atomic E-state index is 0.171. The Balaban J connectivity index is 1.34. The number of phenols is 1. The summed E-state index contributed by atoms with van der Waals surface area (Å²) < 4.78 is 5.47. The molecule has 9 heteroatoms. The van der Waals surface area contributed by atoms with E-state index in [-0.39, 0.29) is 5.75 Å². The van der Waals surface area contributed by atoms with Gasteiger partial charge in [0.25, 0.3) is 0 Å². The van der Waals surface area contributed by atoms with Gasteiger partial charge in [-0.25, -0.2) is 5.43 Å². The smallest absolute Gasteiger partial charge is 0.250 e. The standard InChI is InChI=1S/C25H29N7O2/c33-22-9-8-20(16-19-6-2-1-3-7-19)17-21(22)18-26-30-23-27-24(31-10-4-5-11-31)29-25(28-23)32-12-14-34-15-13-32/h1-3,6-9,17-18,33H,4-5,10-16H2,(H,27,28,29,30)/b26-18+. The first-order valence-electron chi connectivity index (χ1n) is 11.7. The predicted molar refractivity (Wildman–Crippen MR) is 133 cm³/mol. The lowest BCUT2D eigenvalue weighted by Crippen LogP contribution is -2.38. The fourth-order valence-corrected chi connectivity index (χ4v) is 4.18. The molecule has 2 fully saturated rings. The number of anilines is 3. The zero-order valence-electron chi connectivity index (χ0n) is 19.1. The Bertz CT molecular complexity index is 1130. The zero-order valence-corrected chi connectivity index (χ0v) is 19.1.